The topological polar surface area (TPSA) is 61.8 Å². The molecule has 1 aliphatic rings. The van der Waals surface area contributed by atoms with Crippen LogP contribution in [0.15, 0.2) is 64.4 Å². The molecule has 2 aromatic carbocycles. The predicted molar refractivity (Wildman–Crippen MR) is 118 cm³/mol. The number of rotatable bonds is 5. The fraction of sp³-hybridized carbons (Fsp3) is 0.261. The molecule has 0 unspecified atom stereocenters. The molecule has 0 saturated heterocycles. The first-order valence-electron chi connectivity index (χ1n) is 10.0. The van der Waals surface area contributed by atoms with Gasteiger partial charge in [-0.1, -0.05) is 47.5 Å². The monoisotopic (exact) mass is 420 g/mol. The number of aryl methyl sites for hydroxylation is 1. The largest absolute Gasteiger partial charge is 0.337 e. The van der Waals surface area contributed by atoms with Gasteiger partial charge in [0.25, 0.3) is 5.56 Å². The van der Waals surface area contributed by atoms with Crippen LogP contribution in [0.5, 0.6) is 0 Å². The summed E-state index contributed by atoms with van der Waals surface area (Å²) in [6, 6.07) is 15.2. The van der Waals surface area contributed by atoms with Crippen molar-refractivity contribution in [3.8, 4) is 5.69 Å². The molecule has 0 N–H and O–H groups in total. The van der Waals surface area contributed by atoms with Crippen LogP contribution in [0.3, 0.4) is 0 Å². The van der Waals surface area contributed by atoms with Gasteiger partial charge < -0.3 is 4.57 Å². The van der Waals surface area contributed by atoms with Gasteiger partial charge in [0.2, 0.25) is 0 Å². The van der Waals surface area contributed by atoms with E-state index in [0.717, 1.165) is 24.0 Å². The Balaban J connectivity index is 1.76. The van der Waals surface area contributed by atoms with Crippen LogP contribution in [0.4, 0.5) is 0 Å². The maximum Gasteiger partial charge on any atom is 0.337 e. The summed E-state index contributed by atoms with van der Waals surface area (Å²) in [6.07, 6.45) is 3.73. The number of hydrogen-bond donors (Lipinski definition) is 0. The van der Waals surface area contributed by atoms with E-state index >= 15 is 0 Å². The highest BCUT2D eigenvalue weighted by atomic mass is 35.5. The molecule has 5 rings (SSSR count). The molecule has 152 valence electrons. The molecule has 0 spiro atoms. The van der Waals surface area contributed by atoms with Crippen LogP contribution in [-0.2, 0) is 13.1 Å². The Kier molecular flexibility index (Phi) is 4.59. The molecule has 1 saturated carbocycles. The molecule has 0 bridgehead atoms. The second kappa shape index (κ2) is 7.29. The normalized spacial score (nSPS) is 13.8. The van der Waals surface area contributed by atoms with Gasteiger partial charge in [0.1, 0.15) is 0 Å². The van der Waals surface area contributed by atoms with E-state index in [2.05, 4.69) is 11.1 Å². The first kappa shape index (κ1) is 18.9. The Bertz CT molecular complexity index is 1380. The number of halogens is 1. The van der Waals surface area contributed by atoms with E-state index in [9.17, 15) is 9.59 Å². The molecule has 2 aromatic heterocycles. The SMILES string of the molecule is Cc1cccc(Cn2cnc3c2c(=O)n(CC2CC2)c(=O)n3-c2cccc(Cl)c2)c1. The molecule has 4 aromatic rings. The standard InChI is InChI=1S/C23H21ClN4O2/c1-15-4-2-5-17(10-15)12-26-14-25-21-20(26)22(29)27(13-16-8-9-16)23(30)28(21)19-7-3-6-18(24)11-19/h2-7,10-11,14,16H,8-9,12-13H2,1H3. The second-order valence-corrected chi connectivity index (χ2v) is 8.43. The van der Waals surface area contributed by atoms with E-state index in [1.165, 1.54) is 9.13 Å². The van der Waals surface area contributed by atoms with Crippen molar-refractivity contribution in [3.05, 3.63) is 91.8 Å². The number of imidazole rings is 1. The summed E-state index contributed by atoms with van der Waals surface area (Å²) >= 11 is 6.18. The highest BCUT2D eigenvalue weighted by Crippen LogP contribution is 2.30. The smallest absolute Gasteiger partial charge is 0.320 e. The van der Waals surface area contributed by atoms with Crippen LogP contribution in [0.1, 0.15) is 24.0 Å². The Hall–Kier alpha value is -3.12. The average molecular weight is 421 g/mol. The Morgan fingerprint density at radius 2 is 1.90 bits per heavy atom. The van der Waals surface area contributed by atoms with Gasteiger partial charge in [-0.2, -0.15) is 0 Å². The summed E-state index contributed by atoms with van der Waals surface area (Å²) in [6.45, 7) is 2.98. The van der Waals surface area contributed by atoms with Gasteiger partial charge in [-0.05, 0) is 49.4 Å². The van der Waals surface area contributed by atoms with Crippen molar-refractivity contribution in [1.29, 1.82) is 0 Å². The van der Waals surface area contributed by atoms with Crippen molar-refractivity contribution in [1.82, 2.24) is 18.7 Å². The molecule has 30 heavy (non-hydrogen) atoms. The van der Waals surface area contributed by atoms with Crippen molar-refractivity contribution in [2.45, 2.75) is 32.9 Å². The fourth-order valence-corrected chi connectivity index (χ4v) is 4.06. The highest BCUT2D eigenvalue weighted by molar-refractivity contribution is 6.30. The minimum Gasteiger partial charge on any atom is -0.320 e. The van der Waals surface area contributed by atoms with Crippen molar-refractivity contribution in [2.24, 2.45) is 5.92 Å². The van der Waals surface area contributed by atoms with E-state index in [1.54, 1.807) is 30.6 Å². The van der Waals surface area contributed by atoms with E-state index in [4.69, 9.17) is 11.6 Å². The van der Waals surface area contributed by atoms with Crippen molar-refractivity contribution >= 4 is 22.8 Å². The molecule has 0 aliphatic heterocycles. The quantitative estimate of drug-likeness (QED) is 0.493. The third kappa shape index (κ3) is 3.37. The van der Waals surface area contributed by atoms with Crippen LogP contribution in [0, 0.1) is 12.8 Å². The zero-order chi connectivity index (χ0) is 20.8. The minimum absolute atomic E-state index is 0.287. The lowest BCUT2D eigenvalue weighted by Crippen LogP contribution is -2.40. The summed E-state index contributed by atoms with van der Waals surface area (Å²) in [4.78, 5) is 31.2. The Labute approximate surface area is 178 Å². The summed E-state index contributed by atoms with van der Waals surface area (Å²) in [7, 11) is 0. The van der Waals surface area contributed by atoms with Gasteiger partial charge >= 0.3 is 5.69 Å². The molecule has 2 heterocycles. The Morgan fingerprint density at radius 3 is 2.63 bits per heavy atom. The number of benzene rings is 2. The maximum absolute atomic E-state index is 13.4. The molecule has 0 atom stereocenters. The van der Waals surface area contributed by atoms with Crippen LogP contribution in [0.25, 0.3) is 16.9 Å². The van der Waals surface area contributed by atoms with Gasteiger partial charge in [-0.3, -0.25) is 9.36 Å². The number of nitrogens with zero attached hydrogens (tertiary/aromatic N) is 4. The van der Waals surface area contributed by atoms with Gasteiger partial charge in [0.05, 0.1) is 12.0 Å². The zero-order valence-electron chi connectivity index (χ0n) is 16.6. The lowest BCUT2D eigenvalue weighted by Gasteiger charge is -2.13. The number of fused-ring (bicyclic) bond motifs is 1. The molecular formula is C23H21ClN4O2. The zero-order valence-corrected chi connectivity index (χ0v) is 17.3. The maximum atomic E-state index is 13.4. The van der Waals surface area contributed by atoms with E-state index in [0.29, 0.717) is 40.9 Å². The molecule has 0 radical (unpaired) electrons. The lowest BCUT2D eigenvalue weighted by atomic mass is 10.1. The molecular weight excluding hydrogens is 400 g/mol. The number of aromatic nitrogens is 4. The average Bonchev–Trinajstić information content (AvgIpc) is 3.45. The van der Waals surface area contributed by atoms with Crippen LogP contribution in [0.2, 0.25) is 5.02 Å². The van der Waals surface area contributed by atoms with E-state index in [-0.39, 0.29) is 11.2 Å². The Morgan fingerprint density at radius 1 is 1.10 bits per heavy atom. The van der Waals surface area contributed by atoms with Gasteiger partial charge in [0, 0.05) is 18.1 Å². The first-order valence-corrected chi connectivity index (χ1v) is 10.4. The fourth-order valence-electron chi connectivity index (χ4n) is 3.87. The van der Waals surface area contributed by atoms with Crippen molar-refractivity contribution in [3.63, 3.8) is 0 Å². The van der Waals surface area contributed by atoms with Crippen LogP contribution < -0.4 is 11.2 Å². The van der Waals surface area contributed by atoms with Gasteiger partial charge in [0.15, 0.2) is 11.2 Å². The summed E-state index contributed by atoms with van der Waals surface area (Å²) in [5.74, 6) is 0.383. The van der Waals surface area contributed by atoms with Crippen LogP contribution in [-0.4, -0.2) is 18.7 Å². The van der Waals surface area contributed by atoms with E-state index < -0.39 is 0 Å². The van der Waals surface area contributed by atoms with Crippen LogP contribution >= 0.6 is 11.6 Å². The summed E-state index contributed by atoms with van der Waals surface area (Å²) in [5.41, 5.74) is 2.95. The predicted octanol–water partition coefficient (Wildman–Crippen LogP) is 3.77. The third-order valence-corrected chi connectivity index (χ3v) is 5.77. The summed E-state index contributed by atoms with van der Waals surface area (Å²) < 4.78 is 4.68. The molecule has 1 aliphatic carbocycles. The molecule has 1 fully saturated rings. The lowest BCUT2D eigenvalue weighted by molar-refractivity contribution is 0.567. The van der Waals surface area contributed by atoms with Gasteiger partial charge in [-0.25, -0.2) is 14.3 Å². The van der Waals surface area contributed by atoms with Crippen molar-refractivity contribution < 1.29 is 0 Å². The second-order valence-electron chi connectivity index (χ2n) is 7.99. The molecule has 0 amide bonds. The van der Waals surface area contributed by atoms with Crippen molar-refractivity contribution in [2.75, 3.05) is 0 Å². The minimum atomic E-state index is -0.373. The molecule has 6 nitrogen and oxygen atoms in total. The van der Waals surface area contributed by atoms with Gasteiger partial charge in [-0.15, -0.1) is 0 Å². The number of hydrogen-bond acceptors (Lipinski definition) is 3. The third-order valence-electron chi connectivity index (χ3n) is 5.54. The highest BCUT2D eigenvalue weighted by Gasteiger charge is 2.26. The molecule has 7 heteroatoms. The van der Waals surface area contributed by atoms with E-state index in [1.807, 2.05) is 29.7 Å². The first-order chi connectivity index (χ1) is 14.5. The summed E-state index contributed by atoms with van der Waals surface area (Å²) in [5, 5.41) is 0.520.